The Bertz CT molecular complexity index is 749. The van der Waals surface area contributed by atoms with E-state index < -0.39 is 5.90 Å². The molecule has 2 aromatic carbocycles. The van der Waals surface area contributed by atoms with Crippen molar-refractivity contribution in [3.05, 3.63) is 64.2 Å². The maximum absolute atomic E-state index is 9.49. The summed E-state index contributed by atoms with van der Waals surface area (Å²) in [6.45, 7) is 2.80. The van der Waals surface area contributed by atoms with Gasteiger partial charge in [-0.3, -0.25) is 10.3 Å². The van der Waals surface area contributed by atoms with Gasteiger partial charge in [0.25, 0.3) is 0 Å². The molecule has 0 spiro atoms. The van der Waals surface area contributed by atoms with Crippen LogP contribution in [0.15, 0.2) is 42.5 Å². The van der Waals surface area contributed by atoms with E-state index in [9.17, 15) is 5.11 Å². The van der Waals surface area contributed by atoms with E-state index in [0.29, 0.717) is 23.8 Å². The van der Waals surface area contributed by atoms with E-state index in [1.807, 2.05) is 18.2 Å². The van der Waals surface area contributed by atoms with Gasteiger partial charge in [0.1, 0.15) is 5.75 Å². The lowest BCUT2D eigenvalue weighted by molar-refractivity contribution is -0.0127. The normalized spacial score (nSPS) is 18.1. The summed E-state index contributed by atoms with van der Waals surface area (Å²) in [6, 6.07) is 13.3. The van der Waals surface area contributed by atoms with Crippen LogP contribution in [0.4, 0.5) is 0 Å². The van der Waals surface area contributed by atoms with Crippen molar-refractivity contribution in [1.29, 1.82) is 5.41 Å². The summed E-state index contributed by atoms with van der Waals surface area (Å²) in [5.74, 6) is 0.352. The Hall–Kier alpha value is -2.08. The van der Waals surface area contributed by atoms with Gasteiger partial charge in [-0.15, -0.1) is 0 Å². The highest BCUT2D eigenvalue weighted by Crippen LogP contribution is 2.29. The van der Waals surface area contributed by atoms with Crippen LogP contribution in [0.2, 0.25) is 5.02 Å². The molecular weight excluding hydrogens is 340 g/mol. The van der Waals surface area contributed by atoms with Crippen LogP contribution in [-0.2, 0) is 11.3 Å². The first-order valence-electron chi connectivity index (χ1n) is 8.10. The Labute approximate surface area is 152 Å². The van der Waals surface area contributed by atoms with Crippen molar-refractivity contribution < 1.29 is 14.6 Å². The molecule has 132 valence electrons. The van der Waals surface area contributed by atoms with Crippen LogP contribution in [0.5, 0.6) is 5.75 Å². The zero-order chi connectivity index (χ0) is 17.8. The first-order valence-corrected chi connectivity index (χ1v) is 8.47. The van der Waals surface area contributed by atoms with Gasteiger partial charge in [-0.1, -0.05) is 23.7 Å². The summed E-state index contributed by atoms with van der Waals surface area (Å²) in [4.78, 5) is 2.32. The highest BCUT2D eigenvalue weighted by atomic mass is 35.5. The fourth-order valence-corrected chi connectivity index (χ4v) is 3.28. The topological polar surface area (TPSA) is 65.8 Å². The van der Waals surface area contributed by atoms with E-state index in [0.717, 1.165) is 24.4 Å². The lowest BCUT2D eigenvalue weighted by atomic mass is 10.0. The number of ether oxygens (including phenoxy) is 2. The predicted molar refractivity (Wildman–Crippen MR) is 97.9 cm³/mol. The van der Waals surface area contributed by atoms with Gasteiger partial charge in [0.15, 0.2) is 0 Å². The third-order valence-corrected chi connectivity index (χ3v) is 4.58. The maximum atomic E-state index is 9.49. The number of hydrogen-bond donors (Lipinski definition) is 2. The van der Waals surface area contributed by atoms with E-state index in [1.165, 1.54) is 5.56 Å². The molecule has 1 aliphatic rings. The first kappa shape index (κ1) is 17.7. The SMILES string of the molecule is COc1ccc(CN2CCOC[C@H]2c2cc(Cl)cc(C(=N)O)c2)cc1. The van der Waals surface area contributed by atoms with Gasteiger partial charge in [-0.2, -0.15) is 0 Å². The van der Waals surface area contributed by atoms with Crippen LogP contribution in [0.25, 0.3) is 0 Å². The van der Waals surface area contributed by atoms with Gasteiger partial charge < -0.3 is 14.6 Å². The molecule has 0 saturated carbocycles. The summed E-state index contributed by atoms with van der Waals surface area (Å²) in [5.41, 5.74) is 2.54. The van der Waals surface area contributed by atoms with Crippen LogP contribution < -0.4 is 4.74 Å². The lowest BCUT2D eigenvalue weighted by Crippen LogP contribution is -2.39. The second kappa shape index (κ2) is 7.87. The van der Waals surface area contributed by atoms with Crippen LogP contribution in [-0.4, -0.2) is 42.8 Å². The minimum absolute atomic E-state index is 0.0210. The van der Waals surface area contributed by atoms with Gasteiger partial charge in [0, 0.05) is 23.7 Å². The smallest absolute Gasteiger partial charge is 0.210 e. The molecule has 0 aromatic heterocycles. The summed E-state index contributed by atoms with van der Waals surface area (Å²) >= 11 is 6.17. The Morgan fingerprint density at radius 3 is 2.76 bits per heavy atom. The van der Waals surface area contributed by atoms with Crippen molar-refractivity contribution in [2.75, 3.05) is 26.9 Å². The Kier molecular flexibility index (Phi) is 5.58. The summed E-state index contributed by atoms with van der Waals surface area (Å²) < 4.78 is 10.9. The Morgan fingerprint density at radius 1 is 1.32 bits per heavy atom. The molecule has 2 aromatic rings. The number of morpholine rings is 1. The highest BCUT2D eigenvalue weighted by Gasteiger charge is 2.25. The number of rotatable bonds is 5. The molecule has 1 atom stereocenters. The second-order valence-corrected chi connectivity index (χ2v) is 6.47. The van der Waals surface area contributed by atoms with E-state index in [-0.39, 0.29) is 6.04 Å². The van der Waals surface area contributed by atoms with Gasteiger partial charge in [-0.05, 0) is 41.5 Å². The minimum Gasteiger partial charge on any atom is -0.497 e. The van der Waals surface area contributed by atoms with E-state index >= 15 is 0 Å². The Balaban J connectivity index is 1.84. The van der Waals surface area contributed by atoms with Crippen LogP contribution in [0.3, 0.4) is 0 Å². The standard InChI is InChI=1S/C19H21ClN2O3/c1-24-17-4-2-13(3-5-17)11-22-6-7-25-12-18(22)14-8-15(19(21)23)10-16(20)9-14/h2-5,8-10,18H,6-7,11-12H2,1H3,(H2,21,23)/t18-/m0/s1. The monoisotopic (exact) mass is 360 g/mol. The van der Waals surface area contributed by atoms with Crippen molar-refractivity contribution in [3.63, 3.8) is 0 Å². The van der Waals surface area contributed by atoms with Crippen molar-refractivity contribution in [2.24, 2.45) is 0 Å². The fourth-order valence-electron chi connectivity index (χ4n) is 3.04. The van der Waals surface area contributed by atoms with Gasteiger partial charge >= 0.3 is 0 Å². The van der Waals surface area contributed by atoms with Crippen molar-refractivity contribution in [3.8, 4) is 5.75 Å². The van der Waals surface area contributed by atoms with Crippen molar-refractivity contribution in [1.82, 2.24) is 4.90 Å². The molecule has 5 nitrogen and oxygen atoms in total. The minimum atomic E-state index is -0.484. The van der Waals surface area contributed by atoms with Crippen LogP contribution in [0.1, 0.15) is 22.7 Å². The Morgan fingerprint density at radius 2 is 2.08 bits per heavy atom. The highest BCUT2D eigenvalue weighted by molar-refractivity contribution is 6.31. The molecule has 1 aliphatic heterocycles. The van der Waals surface area contributed by atoms with Gasteiger partial charge in [-0.25, -0.2) is 0 Å². The van der Waals surface area contributed by atoms with Crippen LogP contribution in [0, 0.1) is 5.41 Å². The summed E-state index contributed by atoms with van der Waals surface area (Å²) in [5, 5.41) is 17.4. The fraction of sp³-hybridized carbons (Fsp3) is 0.316. The van der Waals surface area contributed by atoms with Crippen molar-refractivity contribution in [2.45, 2.75) is 12.6 Å². The van der Waals surface area contributed by atoms with Crippen molar-refractivity contribution >= 4 is 17.5 Å². The van der Waals surface area contributed by atoms with Crippen LogP contribution >= 0.6 is 11.6 Å². The maximum Gasteiger partial charge on any atom is 0.210 e. The number of halogens is 1. The molecule has 0 radical (unpaired) electrons. The molecule has 0 unspecified atom stereocenters. The second-order valence-electron chi connectivity index (χ2n) is 6.03. The summed E-state index contributed by atoms with van der Waals surface area (Å²) in [6.07, 6.45) is 0. The van der Waals surface area contributed by atoms with E-state index in [1.54, 1.807) is 19.2 Å². The third kappa shape index (κ3) is 4.31. The van der Waals surface area contributed by atoms with Gasteiger partial charge in [0.2, 0.25) is 5.90 Å². The molecule has 25 heavy (non-hydrogen) atoms. The number of benzene rings is 2. The lowest BCUT2D eigenvalue weighted by Gasteiger charge is -2.36. The number of methoxy groups -OCH3 is 1. The van der Waals surface area contributed by atoms with Gasteiger partial charge in [0.05, 0.1) is 26.4 Å². The number of nitrogens with zero attached hydrogens (tertiary/aromatic N) is 1. The number of aliphatic hydroxyl groups is 1. The molecule has 3 rings (SSSR count). The molecule has 6 heteroatoms. The molecule has 2 N–H and O–H groups in total. The molecule has 0 aliphatic carbocycles. The molecule has 0 amide bonds. The predicted octanol–water partition coefficient (Wildman–Crippen LogP) is 3.81. The molecule has 1 fully saturated rings. The zero-order valence-electron chi connectivity index (χ0n) is 14.0. The average Bonchev–Trinajstić information content (AvgIpc) is 2.62. The molecule has 1 heterocycles. The molecule has 0 bridgehead atoms. The zero-order valence-corrected chi connectivity index (χ0v) is 14.8. The number of hydrogen-bond acceptors (Lipinski definition) is 4. The quantitative estimate of drug-likeness (QED) is 0.628. The number of nitrogens with one attached hydrogen (secondary N) is 1. The molecule has 1 saturated heterocycles. The molecular formula is C19H21ClN2O3. The summed E-state index contributed by atoms with van der Waals surface area (Å²) in [7, 11) is 1.66. The van der Waals surface area contributed by atoms with E-state index in [2.05, 4.69) is 17.0 Å². The average molecular weight is 361 g/mol. The van der Waals surface area contributed by atoms with E-state index in [4.69, 9.17) is 26.5 Å². The third-order valence-electron chi connectivity index (χ3n) is 4.36. The first-order chi connectivity index (χ1) is 12.1. The largest absolute Gasteiger partial charge is 0.497 e. The number of aliphatic hydroxyl groups excluding tert-OH is 1.